The molecule has 0 aromatic heterocycles. The summed E-state index contributed by atoms with van der Waals surface area (Å²) in [4.78, 5) is 32.5. The second kappa shape index (κ2) is 16.4. The Bertz CT molecular complexity index is 1030. The van der Waals surface area contributed by atoms with Gasteiger partial charge >= 0.3 is 12.3 Å². The summed E-state index contributed by atoms with van der Waals surface area (Å²) < 4.78 is 37.9. The first-order valence-corrected chi connectivity index (χ1v) is 17.2. The van der Waals surface area contributed by atoms with E-state index >= 15 is 0 Å². The minimum atomic E-state index is -0.736. The lowest BCUT2D eigenvalue weighted by atomic mass is 9.76. The highest BCUT2D eigenvalue weighted by Gasteiger charge is 2.65. The number of hydrogen-bond donors (Lipinski definition) is 3. The molecule has 14 heteroatoms. The summed E-state index contributed by atoms with van der Waals surface area (Å²) in [6.07, 6.45) is 15.9. The molecule has 0 radical (unpaired) electrons. The van der Waals surface area contributed by atoms with Gasteiger partial charge in [0.2, 0.25) is 0 Å². The van der Waals surface area contributed by atoms with E-state index in [2.05, 4.69) is 30.9 Å². The third-order valence-corrected chi connectivity index (χ3v) is 11.1. The lowest BCUT2D eigenvalue weighted by Gasteiger charge is -2.44. The third-order valence-electron chi connectivity index (χ3n) is 11.1. The topological polar surface area (TPSA) is 190 Å². The molecule has 262 valence electrons. The fraction of sp³-hybridized carbons (Fsp3) is 0.938. The quantitative estimate of drug-likeness (QED) is 0.363. The van der Waals surface area contributed by atoms with Crippen LogP contribution < -0.4 is 5.25 Å². The molecule has 3 spiro atoms. The molecule has 3 aliphatic carbocycles. The fourth-order valence-electron chi connectivity index (χ4n) is 9.13. The summed E-state index contributed by atoms with van der Waals surface area (Å²) in [5.74, 6) is -0.299. The lowest BCUT2D eigenvalue weighted by molar-refractivity contribution is -0.215. The molecule has 0 amide bonds. The zero-order chi connectivity index (χ0) is 33.5. The van der Waals surface area contributed by atoms with Crippen LogP contribution in [-0.2, 0) is 47.6 Å². The van der Waals surface area contributed by atoms with E-state index in [0.717, 1.165) is 70.6 Å². The summed E-state index contributed by atoms with van der Waals surface area (Å²) in [6.45, 7) is 4.36. The van der Waals surface area contributed by atoms with Gasteiger partial charge in [0.1, 0.15) is 12.2 Å². The molecule has 2 unspecified atom stereocenters. The largest absolute Gasteiger partial charge is 0.390 e. The molecule has 13 nitrogen and oxygen atoms in total. The molecule has 5 heterocycles. The number of halogens is 1. The average Bonchev–Trinajstić information content (AvgIpc) is 3.69. The Kier molecular flexibility index (Phi) is 13.4. The van der Waals surface area contributed by atoms with Gasteiger partial charge in [0.15, 0.2) is 5.79 Å². The Morgan fingerprint density at radius 3 is 1.70 bits per heavy atom. The first kappa shape index (κ1) is 37.5. The highest BCUT2D eigenvalue weighted by Crippen LogP contribution is 2.55. The zero-order valence-corrected chi connectivity index (χ0v) is 27.6. The molecule has 5 aliphatic heterocycles. The van der Waals surface area contributed by atoms with Gasteiger partial charge in [-0.2, -0.15) is 19.2 Å². The van der Waals surface area contributed by atoms with Crippen molar-refractivity contribution in [2.45, 2.75) is 188 Å². The standard InChI is InChI=1S/C18H28O4.C12H20O4.2CO2.ClH2N/c1-2-12-6-7-15-17(20-12)10-13(19-15)16-14(11-17)21-18(22-16)8-4-3-5-9-18;1-2-7-3-4-10-12(16-7)5-8(13)11(14)9(6-12)15-10;2*2-1-3;1-2/h12-16H,2-11H2,1H3;7-11,13-14H,2-6H2,1H3;;;2H2/t12-,13+,14+,15-,16?,17+;7-,8+,9+,10-,11?,12-;;;/m00.../s1. The normalized spacial score (nSPS) is 45.1. The molecular weight excluding hydrogens is 626 g/mol. The van der Waals surface area contributed by atoms with Crippen LogP contribution in [0.3, 0.4) is 0 Å². The van der Waals surface area contributed by atoms with E-state index in [1.54, 1.807) is 0 Å². The predicted octanol–water partition coefficient (Wildman–Crippen LogP) is 2.85. The maximum absolute atomic E-state index is 9.84. The lowest BCUT2D eigenvalue weighted by Crippen LogP contribution is -2.54. The smallest absolute Gasteiger partial charge is 0.373 e. The molecule has 8 aliphatic rings. The van der Waals surface area contributed by atoms with Crippen molar-refractivity contribution < 1.29 is 57.8 Å². The Balaban J connectivity index is 0.000000176. The number of rotatable bonds is 2. The SMILES string of the molecule is CC[C@H]1CC[C@@H]2O[C@@H]3C[C@]2(C[C@@H](O)C3O)O1.CC[C@H]1CC[C@@H]2O[C@@H]3C[C@]2(C[C@H]2OC4(CCCCC4)OC32)O1.NCl.O=C=O.O=C=O. The highest BCUT2D eigenvalue weighted by molar-refractivity contribution is 6.11. The highest BCUT2D eigenvalue weighted by atomic mass is 35.5. The molecule has 3 saturated carbocycles. The van der Waals surface area contributed by atoms with Gasteiger partial charge in [0, 0.05) is 38.5 Å². The summed E-state index contributed by atoms with van der Waals surface area (Å²) in [6, 6.07) is 0. The number of aliphatic hydroxyl groups excluding tert-OH is 2. The van der Waals surface area contributed by atoms with Gasteiger partial charge < -0.3 is 38.6 Å². The van der Waals surface area contributed by atoms with E-state index in [1.807, 2.05) is 0 Å². The molecule has 8 rings (SSSR count). The van der Waals surface area contributed by atoms with E-state index in [9.17, 15) is 10.2 Å². The van der Waals surface area contributed by atoms with Gasteiger partial charge in [0.25, 0.3) is 0 Å². The number of nitrogens with two attached hydrogens (primary N) is 1. The minimum Gasteiger partial charge on any atom is -0.390 e. The van der Waals surface area contributed by atoms with Gasteiger partial charge in [-0.15, -0.1) is 0 Å². The van der Waals surface area contributed by atoms with Crippen molar-refractivity contribution in [1.29, 1.82) is 0 Å². The first-order valence-electron chi connectivity index (χ1n) is 16.8. The van der Waals surface area contributed by atoms with E-state index < -0.39 is 12.2 Å². The molecule has 0 aromatic carbocycles. The molecule has 4 N–H and O–H groups in total. The summed E-state index contributed by atoms with van der Waals surface area (Å²) in [5, 5.41) is 23.6. The number of aliphatic hydroxyl groups is 2. The molecule has 12 atom stereocenters. The predicted molar refractivity (Wildman–Crippen MR) is 158 cm³/mol. The van der Waals surface area contributed by atoms with E-state index in [-0.39, 0.29) is 65.9 Å². The second-order valence-electron chi connectivity index (χ2n) is 13.7. The summed E-state index contributed by atoms with van der Waals surface area (Å²) >= 11 is 4.14. The third kappa shape index (κ3) is 7.62. The fourth-order valence-corrected chi connectivity index (χ4v) is 9.13. The number of ether oxygens (including phenoxy) is 6. The molecule has 8 fully saturated rings. The van der Waals surface area contributed by atoms with Crippen molar-refractivity contribution in [2.75, 3.05) is 0 Å². The molecule has 4 bridgehead atoms. The van der Waals surface area contributed by atoms with Gasteiger partial charge in [0.05, 0.1) is 60.0 Å². The first-order chi connectivity index (χ1) is 22.2. The zero-order valence-electron chi connectivity index (χ0n) is 26.8. The summed E-state index contributed by atoms with van der Waals surface area (Å²) in [5.41, 5.74) is -0.406. The van der Waals surface area contributed by atoms with Crippen molar-refractivity contribution in [1.82, 2.24) is 0 Å². The van der Waals surface area contributed by atoms with Crippen molar-refractivity contribution in [3.05, 3.63) is 0 Å². The Labute approximate surface area is 275 Å². The van der Waals surface area contributed by atoms with E-state index in [1.165, 1.54) is 19.3 Å². The second-order valence-corrected chi connectivity index (χ2v) is 13.7. The van der Waals surface area contributed by atoms with Crippen molar-refractivity contribution in [2.24, 2.45) is 5.25 Å². The van der Waals surface area contributed by atoms with Crippen LogP contribution in [0.5, 0.6) is 0 Å². The maximum Gasteiger partial charge on any atom is 0.373 e. The van der Waals surface area contributed by atoms with Gasteiger partial charge in [-0.1, -0.05) is 20.3 Å². The molecule has 5 saturated heterocycles. The number of carbonyl (C=O) groups excluding carboxylic acids is 4. The number of hydrogen-bond acceptors (Lipinski definition) is 13. The van der Waals surface area contributed by atoms with Crippen LogP contribution in [0.15, 0.2) is 0 Å². The Morgan fingerprint density at radius 2 is 1.15 bits per heavy atom. The van der Waals surface area contributed by atoms with Crippen LogP contribution in [0.25, 0.3) is 0 Å². The van der Waals surface area contributed by atoms with Crippen LogP contribution >= 0.6 is 11.8 Å². The van der Waals surface area contributed by atoms with Crippen molar-refractivity contribution >= 4 is 24.1 Å². The Hall–Kier alpha value is -1.31. The minimum absolute atomic E-state index is 0.0760. The van der Waals surface area contributed by atoms with Crippen molar-refractivity contribution in [3.8, 4) is 0 Å². The molecule has 46 heavy (non-hydrogen) atoms. The van der Waals surface area contributed by atoms with E-state index in [4.69, 9.17) is 47.6 Å². The molecule has 0 aromatic rings. The van der Waals surface area contributed by atoms with Crippen LogP contribution in [0.1, 0.15) is 110 Å². The van der Waals surface area contributed by atoms with Gasteiger partial charge in [-0.3, -0.25) is 0 Å². The Morgan fingerprint density at radius 1 is 0.674 bits per heavy atom. The van der Waals surface area contributed by atoms with Crippen LogP contribution in [0, 0.1) is 0 Å². The van der Waals surface area contributed by atoms with Gasteiger partial charge in [-0.05, 0) is 63.1 Å². The number of fused-ring (bicyclic) bond motifs is 4. The van der Waals surface area contributed by atoms with Crippen LogP contribution in [0.4, 0.5) is 0 Å². The summed E-state index contributed by atoms with van der Waals surface area (Å²) in [7, 11) is 0. The maximum atomic E-state index is 9.84. The van der Waals surface area contributed by atoms with Gasteiger partial charge in [-0.25, -0.2) is 5.25 Å². The van der Waals surface area contributed by atoms with E-state index in [0.29, 0.717) is 18.6 Å². The monoisotopic (exact) mass is 675 g/mol. The molecular formula is C32H50ClNO12. The average molecular weight is 676 g/mol. The van der Waals surface area contributed by atoms with Crippen LogP contribution in [-0.4, -0.2) is 101 Å². The van der Waals surface area contributed by atoms with Crippen LogP contribution in [0.2, 0.25) is 0 Å². The van der Waals surface area contributed by atoms with Crippen molar-refractivity contribution in [3.63, 3.8) is 0 Å².